The lowest BCUT2D eigenvalue weighted by atomic mass is 9.95. The van der Waals surface area contributed by atoms with Crippen molar-refractivity contribution < 1.29 is 9.47 Å². The molecule has 0 N–H and O–H groups in total. The van der Waals surface area contributed by atoms with Gasteiger partial charge in [-0.15, -0.1) is 0 Å². The third kappa shape index (κ3) is 4.28. The molecule has 0 saturated carbocycles. The summed E-state index contributed by atoms with van der Waals surface area (Å²) in [6.45, 7) is 5.36. The predicted octanol–water partition coefficient (Wildman–Crippen LogP) is 6.71. The topological polar surface area (TPSA) is 18.5 Å². The Morgan fingerprint density at radius 3 is 1.65 bits per heavy atom. The van der Waals surface area contributed by atoms with Crippen LogP contribution in [0.15, 0.2) is 66.7 Å². The molecule has 0 heterocycles. The van der Waals surface area contributed by atoms with Crippen molar-refractivity contribution in [2.24, 2.45) is 0 Å². The van der Waals surface area contributed by atoms with Crippen molar-refractivity contribution in [1.82, 2.24) is 0 Å². The van der Waals surface area contributed by atoms with E-state index >= 15 is 0 Å². The van der Waals surface area contributed by atoms with E-state index in [-0.39, 0.29) is 0 Å². The van der Waals surface area contributed by atoms with E-state index in [1.54, 1.807) is 0 Å². The molecule has 26 heavy (non-hydrogen) atoms. The van der Waals surface area contributed by atoms with Crippen molar-refractivity contribution in [1.29, 1.82) is 0 Å². The maximum absolute atomic E-state index is 5.54. The van der Waals surface area contributed by atoms with Gasteiger partial charge < -0.3 is 9.47 Å². The smallest absolute Gasteiger partial charge is 0.119 e. The van der Waals surface area contributed by atoms with Crippen LogP contribution in [0.5, 0.6) is 11.5 Å². The van der Waals surface area contributed by atoms with Gasteiger partial charge in [0.2, 0.25) is 0 Å². The molecule has 3 heteroatoms. The van der Waals surface area contributed by atoms with Gasteiger partial charge in [-0.05, 0) is 72.0 Å². The van der Waals surface area contributed by atoms with Crippen LogP contribution in [0.3, 0.4) is 0 Å². The molecule has 0 fully saturated rings. The molecule has 3 aromatic rings. The second-order valence-corrected chi connectivity index (χ2v) is 6.48. The van der Waals surface area contributed by atoms with Gasteiger partial charge in [-0.1, -0.05) is 52.3 Å². The number of ether oxygens (including phenoxy) is 2. The summed E-state index contributed by atoms with van der Waals surface area (Å²) in [5.41, 5.74) is 6.09. The maximum Gasteiger partial charge on any atom is 0.119 e. The van der Waals surface area contributed by atoms with Crippen LogP contribution in [-0.2, 0) is 5.33 Å². The molecule has 0 aliphatic heterocycles. The predicted molar refractivity (Wildman–Crippen MR) is 112 cm³/mol. The first kappa shape index (κ1) is 18.5. The summed E-state index contributed by atoms with van der Waals surface area (Å²) in [6.07, 6.45) is 0. The van der Waals surface area contributed by atoms with Gasteiger partial charge in [0.25, 0.3) is 0 Å². The third-order valence-corrected chi connectivity index (χ3v) is 4.83. The van der Waals surface area contributed by atoms with Crippen molar-refractivity contribution >= 4 is 15.9 Å². The van der Waals surface area contributed by atoms with Crippen LogP contribution >= 0.6 is 15.9 Å². The van der Waals surface area contributed by atoms with Gasteiger partial charge >= 0.3 is 0 Å². The van der Waals surface area contributed by atoms with Crippen molar-refractivity contribution in [2.45, 2.75) is 19.2 Å². The summed E-state index contributed by atoms with van der Waals surface area (Å²) in [7, 11) is 0. The van der Waals surface area contributed by atoms with Gasteiger partial charge in [-0.25, -0.2) is 0 Å². The van der Waals surface area contributed by atoms with E-state index in [4.69, 9.17) is 9.47 Å². The van der Waals surface area contributed by atoms with E-state index in [9.17, 15) is 0 Å². The first-order chi connectivity index (χ1) is 12.7. The van der Waals surface area contributed by atoms with Crippen molar-refractivity contribution in [3.63, 3.8) is 0 Å². The highest BCUT2D eigenvalue weighted by Gasteiger charge is 2.08. The third-order valence-electron chi connectivity index (χ3n) is 4.22. The van der Waals surface area contributed by atoms with Crippen LogP contribution in [0.1, 0.15) is 19.4 Å². The minimum atomic E-state index is 0.683. The normalized spacial score (nSPS) is 10.6. The maximum atomic E-state index is 5.54. The second-order valence-electron chi connectivity index (χ2n) is 5.92. The molecule has 134 valence electrons. The lowest BCUT2D eigenvalue weighted by Crippen LogP contribution is -1.92. The van der Waals surface area contributed by atoms with Crippen LogP contribution in [0.25, 0.3) is 22.3 Å². The SMILES string of the molecule is CCOc1ccc(-c2ccc(-c3ccc(OCC)cc3)c(CBr)c2)cc1. The Morgan fingerprint density at radius 1 is 0.654 bits per heavy atom. The van der Waals surface area contributed by atoms with Crippen LogP contribution in [-0.4, -0.2) is 13.2 Å². The standard InChI is InChI=1S/C23H23BrO2/c1-3-25-21-10-5-17(6-11-21)19-9-14-23(20(15-19)16-24)18-7-12-22(13-8-18)26-4-2/h5-15H,3-4,16H2,1-2H3. The molecule has 0 aliphatic carbocycles. The lowest BCUT2D eigenvalue weighted by Gasteiger charge is -2.12. The van der Waals surface area contributed by atoms with Gasteiger partial charge in [0.15, 0.2) is 0 Å². The van der Waals surface area contributed by atoms with Crippen LogP contribution in [0.2, 0.25) is 0 Å². The molecular weight excluding hydrogens is 388 g/mol. The number of hydrogen-bond acceptors (Lipinski definition) is 2. The quantitative estimate of drug-likeness (QED) is 0.402. The fraction of sp³-hybridized carbons (Fsp3) is 0.217. The van der Waals surface area contributed by atoms with Gasteiger partial charge in [-0.2, -0.15) is 0 Å². The highest BCUT2D eigenvalue weighted by molar-refractivity contribution is 9.08. The molecule has 0 aliphatic rings. The van der Waals surface area contributed by atoms with Crippen molar-refractivity contribution in [2.75, 3.05) is 13.2 Å². The molecule has 0 spiro atoms. The van der Waals surface area contributed by atoms with Crippen LogP contribution in [0, 0.1) is 0 Å². The van der Waals surface area contributed by atoms with Gasteiger partial charge in [0.05, 0.1) is 13.2 Å². The Bertz CT molecular complexity index is 839. The molecule has 0 amide bonds. The van der Waals surface area contributed by atoms with Crippen LogP contribution in [0.4, 0.5) is 0 Å². The highest BCUT2D eigenvalue weighted by Crippen LogP contribution is 2.32. The molecule has 3 rings (SSSR count). The first-order valence-corrected chi connectivity index (χ1v) is 10.0. The molecule has 0 aromatic heterocycles. The Kier molecular flexibility index (Phi) is 6.35. The molecule has 0 atom stereocenters. The summed E-state index contributed by atoms with van der Waals surface area (Å²) >= 11 is 3.64. The van der Waals surface area contributed by atoms with Gasteiger partial charge in [0, 0.05) is 5.33 Å². The zero-order valence-electron chi connectivity index (χ0n) is 15.2. The lowest BCUT2D eigenvalue weighted by molar-refractivity contribution is 0.340. The van der Waals surface area contributed by atoms with Crippen molar-refractivity contribution in [3.8, 4) is 33.8 Å². The first-order valence-electron chi connectivity index (χ1n) is 8.90. The average Bonchev–Trinajstić information content (AvgIpc) is 2.69. The fourth-order valence-corrected chi connectivity index (χ4v) is 3.44. The van der Waals surface area contributed by atoms with Gasteiger partial charge in [0.1, 0.15) is 11.5 Å². The minimum absolute atomic E-state index is 0.683. The molecule has 0 unspecified atom stereocenters. The number of benzene rings is 3. The van der Waals surface area contributed by atoms with E-state index < -0.39 is 0 Å². The number of hydrogen-bond donors (Lipinski definition) is 0. The fourth-order valence-electron chi connectivity index (χ4n) is 2.97. The zero-order valence-corrected chi connectivity index (χ0v) is 16.8. The Morgan fingerprint density at radius 2 is 1.15 bits per heavy atom. The molecular formula is C23H23BrO2. The molecule has 0 radical (unpaired) electrons. The van der Waals surface area contributed by atoms with E-state index in [1.807, 2.05) is 38.1 Å². The minimum Gasteiger partial charge on any atom is -0.494 e. The molecule has 3 aromatic carbocycles. The molecule has 0 saturated heterocycles. The Balaban J connectivity index is 1.89. The average molecular weight is 411 g/mol. The summed E-state index contributed by atoms with van der Waals surface area (Å²) in [5, 5.41) is 0.806. The van der Waals surface area contributed by atoms with E-state index in [1.165, 1.54) is 27.8 Å². The molecule has 0 bridgehead atoms. The summed E-state index contributed by atoms with van der Waals surface area (Å²) in [6, 6.07) is 23.1. The van der Waals surface area contributed by atoms with E-state index in [0.717, 1.165) is 16.8 Å². The number of halogens is 1. The zero-order chi connectivity index (χ0) is 18.4. The molecule has 2 nitrogen and oxygen atoms in total. The second kappa shape index (κ2) is 8.91. The highest BCUT2D eigenvalue weighted by atomic mass is 79.9. The summed E-state index contributed by atoms with van der Waals surface area (Å²) in [5.74, 6) is 1.81. The van der Waals surface area contributed by atoms with Gasteiger partial charge in [-0.3, -0.25) is 0 Å². The van der Waals surface area contributed by atoms with Crippen molar-refractivity contribution in [3.05, 3.63) is 72.3 Å². The number of alkyl halides is 1. The summed E-state index contributed by atoms with van der Waals surface area (Å²) in [4.78, 5) is 0. The monoisotopic (exact) mass is 410 g/mol. The summed E-state index contributed by atoms with van der Waals surface area (Å²) < 4.78 is 11.1. The van der Waals surface area contributed by atoms with Crippen LogP contribution < -0.4 is 9.47 Å². The Labute approximate surface area is 163 Å². The van der Waals surface area contributed by atoms with E-state index in [0.29, 0.717) is 13.2 Å². The number of rotatable bonds is 7. The Hall–Kier alpha value is -2.26. The van der Waals surface area contributed by atoms with E-state index in [2.05, 4.69) is 58.4 Å². The largest absolute Gasteiger partial charge is 0.494 e.